The summed E-state index contributed by atoms with van der Waals surface area (Å²) in [5.74, 6) is -0.0301. The van der Waals surface area contributed by atoms with Crippen molar-refractivity contribution in [3.63, 3.8) is 0 Å². The van der Waals surface area contributed by atoms with E-state index in [9.17, 15) is 10.1 Å². The van der Waals surface area contributed by atoms with Crippen LogP contribution in [-0.2, 0) is 0 Å². The number of anilines is 1. The minimum Gasteiger partial charge on any atom is -0.306 e. The largest absolute Gasteiger partial charge is 0.306 e. The molecule has 0 spiro atoms. The quantitative estimate of drug-likeness (QED) is 0.509. The lowest BCUT2D eigenvalue weighted by Crippen LogP contribution is -2.16. The summed E-state index contributed by atoms with van der Waals surface area (Å²) >= 11 is 6.38. The third-order valence-electron chi connectivity index (χ3n) is 4.57. The van der Waals surface area contributed by atoms with Gasteiger partial charge in [0.2, 0.25) is 0 Å². The van der Waals surface area contributed by atoms with E-state index in [-0.39, 0.29) is 5.69 Å². The molecule has 0 aliphatic rings. The second-order valence-electron chi connectivity index (χ2n) is 6.59. The molecule has 1 N–H and O–H groups in total. The molecule has 30 heavy (non-hydrogen) atoms. The number of hydrogen-bond acceptors (Lipinski definition) is 4. The Morgan fingerprint density at radius 3 is 2.57 bits per heavy atom. The van der Waals surface area contributed by atoms with Crippen molar-refractivity contribution in [3.05, 3.63) is 94.8 Å². The summed E-state index contributed by atoms with van der Waals surface area (Å²) in [6.07, 6.45) is 1.70. The maximum Gasteiger partial charge on any atom is 0.258 e. The number of nitrogens with zero attached hydrogens (tertiary/aromatic N) is 4. The Morgan fingerprint density at radius 2 is 1.87 bits per heavy atom. The van der Waals surface area contributed by atoms with Gasteiger partial charge in [0.1, 0.15) is 11.9 Å². The molecular weight excluding hydrogens is 398 g/mol. The summed E-state index contributed by atoms with van der Waals surface area (Å²) in [7, 11) is 0. The molecule has 4 aromatic rings. The third-order valence-corrected chi connectivity index (χ3v) is 4.88. The lowest BCUT2D eigenvalue weighted by molar-refractivity contribution is 0.102. The maximum atomic E-state index is 13.1. The van der Waals surface area contributed by atoms with Gasteiger partial charge in [0.25, 0.3) is 5.91 Å². The van der Waals surface area contributed by atoms with E-state index in [1.807, 2.05) is 61.5 Å². The SMILES string of the molecule is Cc1cc(Cl)c(C(=O)Nc2cc(C#N)nn2-c2ccccc2)cc1-c1ccccn1. The number of halogens is 1. The van der Waals surface area contributed by atoms with Crippen LogP contribution in [0.1, 0.15) is 21.6 Å². The lowest BCUT2D eigenvalue weighted by atomic mass is 10.0. The molecule has 0 saturated heterocycles. The van der Waals surface area contributed by atoms with Crippen molar-refractivity contribution in [1.82, 2.24) is 14.8 Å². The van der Waals surface area contributed by atoms with Crippen molar-refractivity contribution in [2.45, 2.75) is 6.92 Å². The Morgan fingerprint density at radius 1 is 1.10 bits per heavy atom. The zero-order chi connectivity index (χ0) is 21.1. The lowest BCUT2D eigenvalue weighted by Gasteiger charge is -2.12. The van der Waals surface area contributed by atoms with Crippen LogP contribution in [0, 0.1) is 18.3 Å². The molecule has 0 saturated carbocycles. The Hall–Kier alpha value is -3.95. The first kappa shape index (κ1) is 19.4. The fourth-order valence-electron chi connectivity index (χ4n) is 3.12. The van der Waals surface area contributed by atoms with Gasteiger partial charge >= 0.3 is 0 Å². The predicted molar refractivity (Wildman–Crippen MR) is 116 cm³/mol. The number of amides is 1. The smallest absolute Gasteiger partial charge is 0.258 e. The van der Waals surface area contributed by atoms with Crippen molar-refractivity contribution in [1.29, 1.82) is 5.26 Å². The summed E-state index contributed by atoms with van der Waals surface area (Å²) in [6, 6.07) is 21.8. The van der Waals surface area contributed by atoms with Crippen LogP contribution in [0.5, 0.6) is 0 Å². The topological polar surface area (TPSA) is 83.6 Å². The van der Waals surface area contributed by atoms with Crippen LogP contribution in [-0.4, -0.2) is 20.7 Å². The Bertz CT molecular complexity index is 1260. The van der Waals surface area contributed by atoms with E-state index in [2.05, 4.69) is 15.4 Å². The summed E-state index contributed by atoms with van der Waals surface area (Å²) in [5.41, 5.74) is 3.71. The molecule has 0 unspecified atom stereocenters. The van der Waals surface area contributed by atoms with Crippen molar-refractivity contribution < 1.29 is 4.79 Å². The summed E-state index contributed by atoms with van der Waals surface area (Å²) in [5, 5.41) is 16.6. The number of aromatic nitrogens is 3. The highest BCUT2D eigenvalue weighted by molar-refractivity contribution is 6.34. The normalized spacial score (nSPS) is 10.4. The number of aryl methyl sites for hydroxylation is 1. The van der Waals surface area contributed by atoms with E-state index in [0.29, 0.717) is 16.4 Å². The van der Waals surface area contributed by atoms with Crippen LogP contribution in [0.3, 0.4) is 0 Å². The highest BCUT2D eigenvalue weighted by Gasteiger charge is 2.18. The molecular formula is C23H16ClN5O. The molecule has 0 atom stereocenters. The molecule has 2 aromatic carbocycles. The third kappa shape index (κ3) is 3.79. The first-order valence-electron chi connectivity index (χ1n) is 9.15. The van der Waals surface area contributed by atoms with Gasteiger partial charge in [0, 0.05) is 17.8 Å². The van der Waals surface area contributed by atoms with E-state index in [1.54, 1.807) is 18.3 Å². The number of para-hydroxylation sites is 1. The molecule has 4 rings (SSSR count). The van der Waals surface area contributed by atoms with E-state index >= 15 is 0 Å². The van der Waals surface area contributed by atoms with E-state index in [4.69, 9.17) is 11.6 Å². The van der Waals surface area contributed by atoms with Gasteiger partial charge in [-0.25, -0.2) is 4.68 Å². The summed E-state index contributed by atoms with van der Waals surface area (Å²) < 4.78 is 1.51. The van der Waals surface area contributed by atoms with Gasteiger partial charge in [-0.3, -0.25) is 9.78 Å². The molecule has 0 bridgehead atoms. The van der Waals surface area contributed by atoms with Gasteiger partial charge in [0.15, 0.2) is 5.69 Å². The van der Waals surface area contributed by atoms with Crippen LogP contribution in [0.4, 0.5) is 5.82 Å². The monoisotopic (exact) mass is 413 g/mol. The van der Waals surface area contributed by atoms with Crippen LogP contribution in [0.25, 0.3) is 16.9 Å². The van der Waals surface area contributed by atoms with Crippen LogP contribution >= 0.6 is 11.6 Å². The first-order chi connectivity index (χ1) is 14.6. The van der Waals surface area contributed by atoms with Gasteiger partial charge in [-0.15, -0.1) is 0 Å². The van der Waals surface area contributed by atoms with E-state index in [0.717, 1.165) is 22.5 Å². The fraction of sp³-hybridized carbons (Fsp3) is 0.0435. The second kappa shape index (κ2) is 8.19. The molecule has 2 heterocycles. The van der Waals surface area contributed by atoms with E-state index in [1.165, 1.54) is 10.7 Å². The van der Waals surface area contributed by atoms with Gasteiger partial charge in [-0.2, -0.15) is 10.4 Å². The molecule has 0 fully saturated rings. The highest BCUT2D eigenvalue weighted by Crippen LogP contribution is 2.29. The number of benzene rings is 2. The highest BCUT2D eigenvalue weighted by atomic mass is 35.5. The van der Waals surface area contributed by atoms with Crippen LogP contribution < -0.4 is 5.32 Å². The number of nitriles is 1. The van der Waals surface area contributed by atoms with Crippen molar-refractivity contribution in [3.8, 4) is 23.0 Å². The van der Waals surface area contributed by atoms with Crippen molar-refractivity contribution in [2.75, 3.05) is 5.32 Å². The maximum absolute atomic E-state index is 13.1. The molecule has 0 radical (unpaired) electrons. The Labute approximate surface area is 178 Å². The molecule has 0 aliphatic heterocycles. The fourth-order valence-corrected chi connectivity index (χ4v) is 3.42. The predicted octanol–water partition coefficient (Wildman–Crippen LogP) is 5.02. The number of carbonyl (C=O) groups excluding carboxylic acids is 1. The second-order valence-corrected chi connectivity index (χ2v) is 7.00. The average Bonchev–Trinajstić information content (AvgIpc) is 3.18. The molecule has 2 aromatic heterocycles. The zero-order valence-electron chi connectivity index (χ0n) is 16.0. The van der Waals surface area contributed by atoms with Gasteiger partial charge < -0.3 is 5.32 Å². The number of rotatable bonds is 4. The number of pyridine rings is 1. The van der Waals surface area contributed by atoms with Crippen molar-refractivity contribution >= 4 is 23.3 Å². The molecule has 0 aliphatic carbocycles. The molecule has 7 heteroatoms. The van der Waals surface area contributed by atoms with Gasteiger partial charge in [-0.05, 0) is 48.9 Å². The molecule has 1 amide bonds. The Kier molecular flexibility index (Phi) is 5.29. The van der Waals surface area contributed by atoms with Crippen LogP contribution in [0.2, 0.25) is 5.02 Å². The summed E-state index contributed by atoms with van der Waals surface area (Å²) in [6.45, 7) is 1.92. The number of hydrogen-bond donors (Lipinski definition) is 1. The number of carbonyl (C=O) groups is 1. The van der Waals surface area contributed by atoms with Crippen LogP contribution in [0.15, 0.2) is 72.9 Å². The molecule has 146 valence electrons. The molecule has 6 nitrogen and oxygen atoms in total. The van der Waals surface area contributed by atoms with Crippen molar-refractivity contribution in [2.24, 2.45) is 0 Å². The standard InChI is InChI=1S/C23H16ClN5O/c1-15-11-20(24)19(13-18(15)21-9-5-6-10-26-21)23(30)27-22-12-16(14-25)28-29(22)17-7-3-2-4-8-17/h2-13H,1H3,(H,27,30). The first-order valence-corrected chi connectivity index (χ1v) is 9.53. The Balaban J connectivity index is 1.72. The zero-order valence-corrected chi connectivity index (χ0v) is 16.8. The minimum atomic E-state index is -0.404. The van der Waals surface area contributed by atoms with E-state index < -0.39 is 5.91 Å². The van der Waals surface area contributed by atoms with Gasteiger partial charge in [-0.1, -0.05) is 35.9 Å². The minimum absolute atomic E-state index is 0.193. The number of nitrogens with one attached hydrogen (secondary N) is 1. The average molecular weight is 414 g/mol. The van der Waals surface area contributed by atoms with Gasteiger partial charge in [0.05, 0.1) is 22.0 Å². The summed E-state index contributed by atoms with van der Waals surface area (Å²) in [4.78, 5) is 17.4.